The summed E-state index contributed by atoms with van der Waals surface area (Å²) in [6.45, 7) is 7.06. The minimum absolute atomic E-state index is 0.349. The quantitative estimate of drug-likeness (QED) is 0.321. The fraction of sp³-hybridized carbons (Fsp3) is 0.154. The van der Waals surface area contributed by atoms with Crippen LogP contribution in [0.15, 0.2) is 90.6 Å². The molecular formula is C26H26N2O3. The van der Waals surface area contributed by atoms with E-state index in [0.717, 1.165) is 16.8 Å². The third-order valence-electron chi connectivity index (χ3n) is 4.64. The number of methoxy groups -OCH3 is 1. The molecule has 158 valence electrons. The smallest absolute Gasteiger partial charge is 0.346 e. The molecule has 2 rings (SSSR count). The van der Waals surface area contributed by atoms with Crippen molar-refractivity contribution < 1.29 is 14.6 Å². The molecule has 2 aromatic carbocycles. The number of anilines is 1. The van der Waals surface area contributed by atoms with E-state index in [1.165, 1.54) is 13.2 Å². The number of rotatable bonds is 10. The lowest BCUT2D eigenvalue weighted by molar-refractivity contribution is -0.132. The minimum Gasteiger partial charge on any atom is -0.496 e. The zero-order chi connectivity index (χ0) is 22.6. The summed E-state index contributed by atoms with van der Waals surface area (Å²) in [5.74, 6) is -0.778. The van der Waals surface area contributed by atoms with Crippen LogP contribution in [0.4, 0.5) is 5.69 Å². The molecule has 0 aliphatic carbocycles. The van der Waals surface area contributed by atoms with Gasteiger partial charge < -0.3 is 14.7 Å². The van der Waals surface area contributed by atoms with Crippen LogP contribution < -0.4 is 9.64 Å². The summed E-state index contributed by atoms with van der Waals surface area (Å²) in [5.41, 5.74) is 3.38. The van der Waals surface area contributed by atoms with Crippen molar-refractivity contribution in [1.29, 1.82) is 5.26 Å². The van der Waals surface area contributed by atoms with E-state index in [1.807, 2.05) is 49.4 Å². The predicted molar refractivity (Wildman–Crippen MR) is 125 cm³/mol. The zero-order valence-corrected chi connectivity index (χ0v) is 17.8. The van der Waals surface area contributed by atoms with Gasteiger partial charge in [0.1, 0.15) is 17.4 Å². The molecule has 0 spiro atoms. The maximum Gasteiger partial charge on any atom is 0.346 e. The number of aliphatic carboxylic acids is 1. The number of carboxylic acid groups (broad SMARTS) is 1. The van der Waals surface area contributed by atoms with E-state index >= 15 is 0 Å². The Bertz CT molecular complexity index is 1040. The first-order valence-electron chi connectivity index (χ1n) is 9.78. The Morgan fingerprint density at radius 1 is 1.26 bits per heavy atom. The number of nitrogens with zero attached hydrogens (tertiary/aromatic N) is 2. The Labute approximate surface area is 183 Å². The van der Waals surface area contributed by atoms with Crippen molar-refractivity contribution in [2.75, 3.05) is 18.6 Å². The molecule has 0 atom stereocenters. The molecule has 0 unspecified atom stereocenters. The Balaban J connectivity index is 2.47. The highest BCUT2D eigenvalue weighted by atomic mass is 16.5. The molecule has 0 fully saturated rings. The monoisotopic (exact) mass is 414 g/mol. The van der Waals surface area contributed by atoms with Crippen molar-refractivity contribution in [3.8, 4) is 11.8 Å². The lowest BCUT2D eigenvalue weighted by Crippen LogP contribution is -2.25. The van der Waals surface area contributed by atoms with Gasteiger partial charge in [-0.2, -0.15) is 5.26 Å². The van der Waals surface area contributed by atoms with Gasteiger partial charge in [-0.05, 0) is 36.3 Å². The van der Waals surface area contributed by atoms with Crippen LogP contribution in [0.3, 0.4) is 0 Å². The standard InChI is InChI=1S/C26H26N2O3/c1-4-6-10-20(5-2)18-28(19-21-11-8-7-9-12-21)24-14-13-22(25(16-24)31-3)15-23(17-27)26(29)30/h4-16H,1,18-19H2,2-3H3,(H,29,30)/b10-6-,20-5+,23-15+. The van der Waals surface area contributed by atoms with Gasteiger partial charge in [0.25, 0.3) is 0 Å². The first-order valence-corrected chi connectivity index (χ1v) is 9.78. The number of ether oxygens (including phenoxy) is 1. The number of hydrogen-bond acceptors (Lipinski definition) is 4. The molecule has 0 bridgehead atoms. The number of benzene rings is 2. The molecule has 5 nitrogen and oxygen atoms in total. The van der Waals surface area contributed by atoms with Gasteiger partial charge in [-0.1, -0.05) is 61.2 Å². The van der Waals surface area contributed by atoms with Gasteiger partial charge in [-0.15, -0.1) is 0 Å². The maximum atomic E-state index is 11.2. The van der Waals surface area contributed by atoms with E-state index in [1.54, 1.807) is 18.2 Å². The zero-order valence-electron chi connectivity index (χ0n) is 17.8. The summed E-state index contributed by atoms with van der Waals surface area (Å²) >= 11 is 0. The van der Waals surface area contributed by atoms with Gasteiger partial charge in [0.15, 0.2) is 0 Å². The Hall–Kier alpha value is -4.04. The van der Waals surface area contributed by atoms with Crippen molar-refractivity contribution in [3.63, 3.8) is 0 Å². The van der Waals surface area contributed by atoms with Gasteiger partial charge in [-0.25, -0.2) is 4.79 Å². The van der Waals surface area contributed by atoms with Crippen molar-refractivity contribution in [1.82, 2.24) is 0 Å². The second-order valence-electron chi connectivity index (χ2n) is 6.70. The van der Waals surface area contributed by atoms with Crippen LogP contribution in [0, 0.1) is 11.3 Å². The Kier molecular flexibility index (Phi) is 8.88. The third-order valence-corrected chi connectivity index (χ3v) is 4.64. The number of carbonyl (C=O) groups is 1. The summed E-state index contributed by atoms with van der Waals surface area (Å²) in [7, 11) is 1.52. The highest BCUT2D eigenvalue weighted by molar-refractivity contribution is 5.97. The van der Waals surface area contributed by atoms with Crippen LogP contribution in [0.25, 0.3) is 6.08 Å². The Morgan fingerprint density at radius 2 is 2.00 bits per heavy atom. The number of allylic oxidation sites excluding steroid dienone is 3. The van der Waals surface area contributed by atoms with E-state index in [2.05, 4.69) is 29.7 Å². The van der Waals surface area contributed by atoms with Crippen molar-refractivity contribution >= 4 is 17.7 Å². The van der Waals surface area contributed by atoms with Crippen molar-refractivity contribution in [3.05, 3.63) is 102 Å². The van der Waals surface area contributed by atoms with Crippen LogP contribution in [-0.4, -0.2) is 24.7 Å². The van der Waals surface area contributed by atoms with Crippen molar-refractivity contribution in [2.45, 2.75) is 13.5 Å². The van der Waals surface area contributed by atoms with Crippen LogP contribution in [0.5, 0.6) is 5.75 Å². The highest BCUT2D eigenvalue weighted by Crippen LogP contribution is 2.29. The molecule has 0 saturated heterocycles. The van der Waals surface area contributed by atoms with Gasteiger partial charge in [0, 0.05) is 30.4 Å². The molecule has 1 N–H and O–H groups in total. The summed E-state index contributed by atoms with van der Waals surface area (Å²) in [6.07, 6.45) is 9.03. The molecule has 31 heavy (non-hydrogen) atoms. The predicted octanol–water partition coefficient (Wildman–Crippen LogP) is 5.38. The number of carboxylic acids is 1. The molecule has 5 heteroatoms. The molecule has 0 aliphatic rings. The fourth-order valence-corrected chi connectivity index (χ4v) is 3.01. The fourth-order valence-electron chi connectivity index (χ4n) is 3.01. The van der Waals surface area contributed by atoms with Crippen molar-refractivity contribution in [2.24, 2.45) is 0 Å². The average Bonchev–Trinajstić information content (AvgIpc) is 2.79. The third kappa shape index (κ3) is 6.76. The van der Waals surface area contributed by atoms with E-state index in [4.69, 9.17) is 15.1 Å². The van der Waals surface area contributed by atoms with E-state index in [-0.39, 0.29) is 5.57 Å². The Morgan fingerprint density at radius 3 is 2.58 bits per heavy atom. The largest absolute Gasteiger partial charge is 0.496 e. The molecule has 0 aliphatic heterocycles. The molecule has 0 amide bonds. The van der Waals surface area contributed by atoms with E-state index < -0.39 is 5.97 Å². The lowest BCUT2D eigenvalue weighted by Gasteiger charge is -2.26. The minimum atomic E-state index is -1.27. The van der Waals surface area contributed by atoms with Crippen LogP contribution >= 0.6 is 0 Å². The average molecular weight is 415 g/mol. The SMILES string of the molecule is C=C/C=C\C(=C/C)CN(Cc1ccccc1)c1ccc(/C=C(\C#N)C(=O)O)c(OC)c1. The van der Waals surface area contributed by atoms with Gasteiger partial charge >= 0.3 is 5.97 Å². The van der Waals surface area contributed by atoms with Crippen LogP contribution in [-0.2, 0) is 11.3 Å². The second kappa shape index (κ2) is 11.8. The van der Waals surface area contributed by atoms with Gasteiger partial charge in [-0.3, -0.25) is 0 Å². The van der Waals surface area contributed by atoms with Gasteiger partial charge in [0.05, 0.1) is 7.11 Å². The number of hydrogen-bond donors (Lipinski definition) is 1. The highest BCUT2D eigenvalue weighted by Gasteiger charge is 2.13. The first-order chi connectivity index (χ1) is 15.0. The summed E-state index contributed by atoms with van der Waals surface area (Å²) in [5, 5.41) is 18.2. The molecule has 0 aromatic heterocycles. The van der Waals surface area contributed by atoms with Crippen LogP contribution in [0.1, 0.15) is 18.1 Å². The molecule has 0 saturated carbocycles. The summed E-state index contributed by atoms with van der Waals surface area (Å²) in [6, 6.07) is 17.4. The number of nitriles is 1. The summed E-state index contributed by atoms with van der Waals surface area (Å²) in [4.78, 5) is 13.4. The van der Waals surface area contributed by atoms with Crippen LogP contribution in [0.2, 0.25) is 0 Å². The molecule has 2 aromatic rings. The lowest BCUT2D eigenvalue weighted by atomic mass is 10.1. The van der Waals surface area contributed by atoms with Gasteiger partial charge in [0.2, 0.25) is 0 Å². The normalized spacial score (nSPS) is 11.8. The maximum absolute atomic E-state index is 11.2. The molecule has 0 radical (unpaired) electrons. The van der Waals surface area contributed by atoms with E-state index in [0.29, 0.717) is 24.4 Å². The second-order valence-corrected chi connectivity index (χ2v) is 6.70. The first kappa shape index (κ1) is 23.2. The topological polar surface area (TPSA) is 73.6 Å². The molecular weight excluding hydrogens is 388 g/mol. The summed E-state index contributed by atoms with van der Waals surface area (Å²) < 4.78 is 5.49. The van der Waals surface area contributed by atoms with E-state index in [9.17, 15) is 4.79 Å². The molecule has 0 heterocycles.